The highest BCUT2D eigenvalue weighted by molar-refractivity contribution is 9.10. The summed E-state index contributed by atoms with van der Waals surface area (Å²) in [6, 6.07) is 3.81. The number of aromatic nitrogens is 2. The third-order valence-electron chi connectivity index (χ3n) is 3.67. The normalized spacial score (nSPS) is 19.6. The SMILES string of the molecule is COC(=O)[C@H]1CCCN1Cc1cn2cc(Br)ccc2n1. The number of carbonyl (C=O) groups is 1. The Kier molecular flexibility index (Phi) is 3.76. The predicted octanol–water partition coefficient (Wildman–Crippen LogP) is 2.23. The fourth-order valence-electron chi connectivity index (χ4n) is 2.72. The minimum atomic E-state index is -0.144. The zero-order valence-electron chi connectivity index (χ0n) is 11.3. The molecule has 1 aliphatic heterocycles. The predicted molar refractivity (Wildman–Crippen MR) is 78.3 cm³/mol. The van der Waals surface area contributed by atoms with Gasteiger partial charge in [-0.15, -0.1) is 0 Å². The molecule has 0 N–H and O–H groups in total. The van der Waals surface area contributed by atoms with Crippen molar-refractivity contribution in [2.24, 2.45) is 0 Å². The van der Waals surface area contributed by atoms with Gasteiger partial charge in [0, 0.05) is 23.4 Å². The van der Waals surface area contributed by atoms with Crippen molar-refractivity contribution in [2.45, 2.75) is 25.4 Å². The number of esters is 1. The molecule has 6 heteroatoms. The Hall–Kier alpha value is -1.40. The summed E-state index contributed by atoms with van der Waals surface area (Å²) >= 11 is 3.45. The molecule has 2 aromatic heterocycles. The number of hydrogen-bond donors (Lipinski definition) is 0. The zero-order chi connectivity index (χ0) is 14.1. The Morgan fingerprint density at radius 2 is 2.35 bits per heavy atom. The van der Waals surface area contributed by atoms with Crippen molar-refractivity contribution < 1.29 is 9.53 Å². The first-order chi connectivity index (χ1) is 9.67. The monoisotopic (exact) mass is 337 g/mol. The largest absolute Gasteiger partial charge is 0.468 e. The standard InChI is InChI=1S/C14H16BrN3O2/c1-20-14(19)12-3-2-6-17(12)8-11-9-18-7-10(15)4-5-13(18)16-11/h4-5,7,9,12H,2-3,6,8H2,1H3/t12-/m1/s1. The van der Waals surface area contributed by atoms with E-state index in [9.17, 15) is 4.79 Å². The maximum atomic E-state index is 11.7. The summed E-state index contributed by atoms with van der Waals surface area (Å²) in [4.78, 5) is 18.5. The quantitative estimate of drug-likeness (QED) is 0.806. The number of carbonyl (C=O) groups excluding carboxylic acids is 1. The number of pyridine rings is 1. The van der Waals surface area contributed by atoms with Crippen LogP contribution in [0.15, 0.2) is 29.0 Å². The molecule has 1 atom stereocenters. The third kappa shape index (κ3) is 2.58. The van der Waals surface area contributed by atoms with E-state index in [1.54, 1.807) is 0 Å². The van der Waals surface area contributed by atoms with Crippen molar-refractivity contribution in [1.82, 2.24) is 14.3 Å². The van der Waals surface area contributed by atoms with Crippen LogP contribution in [0.1, 0.15) is 18.5 Å². The van der Waals surface area contributed by atoms with Crippen LogP contribution in [0.5, 0.6) is 0 Å². The summed E-state index contributed by atoms with van der Waals surface area (Å²) in [5.41, 5.74) is 1.89. The summed E-state index contributed by atoms with van der Waals surface area (Å²) < 4.78 is 7.87. The summed E-state index contributed by atoms with van der Waals surface area (Å²) in [5.74, 6) is -0.144. The van der Waals surface area contributed by atoms with Gasteiger partial charge in [0.2, 0.25) is 0 Å². The third-order valence-corrected chi connectivity index (χ3v) is 4.14. The van der Waals surface area contributed by atoms with Gasteiger partial charge in [-0.2, -0.15) is 0 Å². The zero-order valence-corrected chi connectivity index (χ0v) is 12.8. The summed E-state index contributed by atoms with van der Waals surface area (Å²) in [7, 11) is 1.45. The number of fused-ring (bicyclic) bond motifs is 1. The second-order valence-electron chi connectivity index (χ2n) is 5.00. The minimum absolute atomic E-state index is 0.128. The molecule has 0 aromatic carbocycles. The van der Waals surface area contributed by atoms with E-state index in [-0.39, 0.29) is 12.0 Å². The Morgan fingerprint density at radius 1 is 1.50 bits per heavy atom. The fourth-order valence-corrected chi connectivity index (χ4v) is 3.07. The van der Waals surface area contributed by atoms with E-state index in [1.807, 2.05) is 28.9 Å². The van der Waals surface area contributed by atoms with Gasteiger partial charge in [-0.1, -0.05) is 0 Å². The van der Waals surface area contributed by atoms with E-state index in [0.29, 0.717) is 6.54 Å². The molecule has 0 saturated carbocycles. The Labute approximate surface area is 125 Å². The van der Waals surface area contributed by atoms with Crippen LogP contribution in [0.2, 0.25) is 0 Å². The van der Waals surface area contributed by atoms with Crippen molar-refractivity contribution in [3.63, 3.8) is 0 Å². The molecule has 3 rings (SSSR count). The highest BCUT2D eigenvalue weighted by atomic mass is 79.9. The number of nitrogens with zero attached hydrogens (tertiary/aromatic N) is 3. The lowest BCUT2D eigenvalue weighted by Gasteiger charge is -2.20. The van der Waals surface area contributed by atoms with Gasteiger partial charge in [0.1, 0.15) is 11.7 Å². The molecule has 0 spiro atoms. The molecule has 3 heterocycles. The molecule has 5 nitrogen and oxygen atoms in total. The maximum Gasteiger partial charge on any atom is 0.323 e. The van der Waals surface area contributed by atoms with E-state index in [4.69, 9.17) is 4.74 Å². The average Bonchev–Trinajstić information content (AvgIpc) is 3.04. The first-order valence-corrected chi connectivity index (χ1v) is 7.41. The molecule has 106 valence electrons. The molecule has 0 aliphatic carbocycles. The summed E-state index contributed by atoms with van der Waals surface area (Å²) in [6.45, 7) is 1.59. The lowest BCUT2D eigenvalue weighted by molar-refractivity contribution is -0.146. The van der Waals surface area contributed by atoms with Crippen LogP contribution in [0.3, 0.4) is 0 Å². The molecule has 0 bridgehead atoms. The van der Waals surface area contributed by atoms with Gasteiger partial charge in [0.15, 0.2) is 0 Å². The topological polar surface area (TPSA) is 46.8 Å². The lowest BCUT2D eigenvalue weighted by atomic mass is 10.2. The van der Waals surface area contributed by atoms with Crippen molar-refractivity contribution in [3.8, 4) is 0 Å². The second-order valence-corrected chi connectivity index (χ2v) is 5.91. The van der Waals surface area contributed by atoms with E-state index in [1.165, 1.54) is 7.11 Å². The Morgan fingerprint density at radius 3 is 3.15 bits per heavy atom. The van der Waals surface area contributed by atoms with E-state index in [2.05, 4.69) is 25.8 Å². The number of methoxy groups -OCH3 is 1. The number of likely N-dealkylation sites (tertiary alicyclic amines) is 1. The van der Waals surface area contributed by atoms with Crippen LogP contribution in [-0.2, 0) is 16.1 Å². The average molecular weight is 338 g/mol. The second kappa shape index (κ2) is 5.54. The van der Waals surface area contributed by atoms with Crippen LogP contribution in [0.4, 0.5) is 0 Å². The molecule has 20 heavy (non-hydrogen) atoms. The van der Waals surface area contributed by atoms with Crippen LogP contribution < -0.4 is 0 Å². The molecule has 1 fully saturated rings. The van der Waals surface area contributed by atoms with Gasteiger partial charge < -0.3 is 9.14 Å². The van der Waals surface area contributed by atoms with Crippen LogP contribution in [-0.4, -0.2) is 40.0 Å². The van der Waals surface area contributed by atoms with Crippen LogP contribution >= 0.6 is 15.9 Å². The van der Waals surface area contributed by atoms with Gasteiger partial charge >= 0.3 is 5.97 Å². The molecule has 0 unspecified atom stereocenters. The number of hydrogen-bond acceptors (Lipinski definition) is 4. The molecule has 0 amide bonds. The molecule has 0 radical (unpaired) electrons. The summed E-state index contributed by atoms with van der Waals surface area (Å²) in [6.07, 6.45) is 5.88. The van der Waals surface area contributed by atoms with Crippen LogP contribution in [0, 0.1) is 0 Å². The molecular formula is C14H16BrN3O2. The highest BCUT2D eigenvalue weighted by Crippen LogP contribution is 2.21. The number of rotatable bonds is 3. The Balaban J connectivity index is 1.80. The number of imidazole rings is 1. The van der Waals surface area contributed by atoms with Gasteiger partial charge in [-0.3, -0.25) is 9.69 Å². The van der Waals surface area contributed by atoms with Gasteiger partial charge in [-0.05, 0) is 47.4 Å². The van der Waals surface area contributed by atoms with Gasteiger partial charge in [-0.25, -0.2) is 4.98 Å². The Bertz CT molecular complexity index is 640. The first-order valence-electron chi connectivity index (χ1n) is 6.62. The van der Waals surface area contributed by atoms with E-state index >= 15 is 0 Å². The van der Waals surface area contributed by atoms with Gasteiger partial charge in [0.05, 0.1) is 12.8 Å². The number of ether oxygens (including phenoxy) is 1. The van der Waals surface area contributed by atoms with Crippen molar-refractivity contribution in [2.75, 3.05) is 13.7 Å². The minimum Gasteiger partial charge on any atom is -0.468 e. The molecule has 1 aliphatic rings. The lowest BCUT2D eigenvalue weighted by Crippen LogP contribution is -2.36. The number of halogens is 1. The van der Waals surface area contributed by atoms with Crippen LogP contribution in [0.25, 0.3) is 5.65 Å². The molecule has 2 aromatic rings. The smallest absolute Gasteiger partial charge is 0.323 e. The van der Waals surface area contributed by atoms with Gasteiger partial charge in [0.25, 0.3) is 0 Å². The fraction of sp³-hybridized carbons (Fsp3) is 0.429. The van der Waals surface area contributed by atoms with Crippen molar-refractivity contribution >= 4 is 27.5 Å². The summed E-state index contributed by atoms with van der Waals surface area (Å²) in [5, 5.41) is 0. The first kappa shape index (κ1) is 13.6. The molecule has 1 saturated heterocycles. The highest BCUT2D eigenvalue weighted by Gasteiger charge is 2.31. The van der Waals surface area contributed by atoms with E-state index in [0.717, 1.165) is 35.2 Å². The molecular weight excluding hydrogens is 322 g/mol. The maximum absolute atomic E-state index is 11.7. The van der Waals surface area contributed by atoms with Crippen molar-refractivity contribution in [3.05, 3.63) is 34.7 Å². The van der Waals surface area contributed by atoms with Crippen molar-refractivity contribution in [1.29, 1.82) is 0 Å². The van der Waals surface area contributed by atoms with E-state index < -0.39 is 0 Å².